The van der Waals surface area contributed by atoms with Crippen LogP contribution in [0.15, 0.2) is 30.3 Å². The topological polar surface area (TPSA) is 3.24 Å². The van der Waals surface area contributed by atoms with Gasteiger partial charge in [-0.05, 0) is 30.9 Å². The normalized spacial score (nSPS) is 31.7. The fourth-order valence-corrected chi connectivity index (χ4v) is 2.50. The Morgan fingerprint density at radius 3 is 2.69 bits per heavy atom. The van der Waals surface area contributed by atoms with Crippen LogP contribution in [-0.4, -0.2) is 17.5 Å². The summed E-state index contributed by atoms with van der Waals surface area (Å²) >= 11 is 0. The van der Waals surface area contributed by atoms with Crippen LogP contribution in [0.5, 0.6) is 0 Å². The third kappa shape index (κ3) is 1.37. The zero-order valence-corrected chi connectivity index (χ0v) is 7.82. The summed E-state index contributed by atoms with van der Waals surface area (Å²) in [6.07, 6.45) is 2.91. The summed E-state index contributed by atoms with van der Waals surface area (Å²) in [7, 11) is 0. The Bertz CT molecular complexity index is 293. The van der Waals surface area contributed by atoms with Crippen LogP contribution in [0.3, 0.4) is 0 Å². The molecule has 1 saturated heterocycles. The molecule has 1 heteroatoms. The predicted octanol–water partition coefficient (Wildman–Crippen LogP) is 2.28. The largest absolute Gasteiger partial charge is 0.296 e. The lowest BCUT2D eigenvalue weighted by atomic mass is 10.2. The summed E-state index contributed by atoms with van der Waals surface area (Å²) in [6, 6.07) is 11.8. The maximum Gasteiger partial charge on any atom is 0.0236 e. The first kappa shape index (κ1) is 7.57. The minimum Gasteiger partial charge on any atom is -0.296 e. The van der Waals surface area contributed by atoms with Crippen LogP contribution in [0, 0.1) is 5.92 Å². The number of hydrogen-bond acceptors (Lipinski definition) is 1. The monoisotopic (exact) mass is 173 g/mol. The molecule has 1 aliphatic heterocycles. The van der Waals surface area contributed by atoms with Gasteiger partial charge < -0.3 is 0 Å². The second kappa shape index (κ2) is 2.85. The molecule has 2 fully saturated rings. The highest BCUT2D eigenvalue weighted by Gasteiger charge is 2.46. The van der Waals surface area contributed by atoms with Gasteiger partial charge in [0, 0.05) is 12.6 Å². The van der Waals surface area contributed by atoms with Gasteiger partial charge in [0.15, 0.2) is 0 Å². The molecule has 0 N–H and O–H groups in total. The zero-order valence-electron chi connectivity index (χ0n) is 7.82. The lowest BCUT2D eigenvalue weighted by Crippen LogP contribution is -2.22. The standard InChI is InChI=1S/C12H15N/c1-2-4-10(5-3-1)9-13-7-6-11-8-12(11)13/h1-5,11-12H,6-9H2/t11-,12?/m1/s1. The van der Waals surface area contributed by atoms with Crippen molar-refractivity contribution < 1.29 is 0 Å². The lowest BCUT2D eigenvalue weighted by Gasteiger charge is -2.17. The van der Waals surface area contributed by atoms with Gasteiger partial charge in [-0.25, -0.2) is 0 Å². The van der Waals surface area contributed by atoms with E-state index in [1.54, 1.807) is 0 Å². The second-order valence-corrected chi connectivity index (χ2v) is 4.31. The summed E-state index contributed by atoms with van der Waals surface area (Å²) < 4.78 is 0. The highest BCUT2D eigenvalue weighted by molar-refractivity contribution is 5.16. The SMILES string of the molecule is c1ccc(CN2CC[C@@H]3CC32)cc1. The molecule has 1 saturated carbocycles. The molecule has 0 spiro atoms. The average molecular weight is 173 g/mol. The van der Waals surface area contributed by atoms with Gasteiger partial charge in [0.1, 0.15) is 0 Å². The van der Waals surface area contributed by atoms with E-state index in [1.165, 1.54) is 31.5 Å². The number of hydrogen-bond donors (Lipinski definition) is 0. The third-order valence-electron chi connectivity index (χ3n) is 3.37. The Balaban J connectivity index is 1.69. The first-order valence-electron chi connectivity index (χ1n) is 5.21. The number of benzene rings is 1. The molecule has 1 aromatic carbocycles. The first-order chi connectivity index (χ1) is 6.43. The van der Waals surface area contributed by atoms with E-state index in [0.29, 0.717) is 0 Å². The van der Waals surface area contributed by atoms with E-state index in [2.05, 4.69) is 35.2 Å². The third-order valence-corrected chi connectivity index (χ3v) is 3.37. The molecule has 1 heterocycles. The number of fused-ring (bicyclic) bond motifs is 1. The minimum atomic E-state index is 0.945. The Morgan fingerprint density at radius 1 is 1.23 bits per heavy atom. The van der Waals surface area contributed by atoms with Crippen molar-refractivity contribution in [3.05, 3.63) is 35.9 Å². The smallest absolute Gasteiger partial charge is 0.0236 e. The van der Waals surface area contributed by atoms with Crippen molar-refractivity contribution in [1.82, 2.24) is 4.90 Å². The van der Waals surface area contributed by atoms with Crippen LogP contribution < -0.4 is 0 Å². The first-order valence-corrected chi connectivity index (χ1v) is 5.21. The van der Waals surface area contributed by atoms with Crippen molar-refractivity contribution in [1.29, 1.82) is 0 Å². The number of likely N-dealkylation sites (tertiary alicyclic amines) is 1. The van der Waals surface area contributed by atoms with Crippen LogP contribution in [0.25, 0.3) is 0 Å². The van der Waals surface area contributed by atoms with Gasteiger partial charge in [0.2, 0.25) is 0 Å². The van der Waals surface area contributed by atoms with E-state index in [4.69, 9.17) is 0 Å². The molecule has 1 nitrogen and oxygen atoms in total. The molecule has 2 atom stereocenters. The van der Waals surface area contributed by atoms with Crippen molar-refractivity contribution in [2.45, 2.75) is 25.4 Å². The van der Waals surface area contributed by atoms with Crippen LogP contribution >= 0.6 is 0 Å². The van der Waals surface area contributed by atoms with Crippen molar-refractivity contribution >= 4 is 0 Å². The van der Waals surface area contributed by atoms with Crippen molar-refractivity contribution in [2.75, 3.05) is 6.54 Å². The quantitative estimate of drug-likeness (QED) is 0.663. The fourth-order valence-electron chi connectivity index (χ4n) is 2.50. The van der Waals surface area contributed by atoms with Gasteiger partial charge in [0.05, 0.1) is 0 Å². The van der Waals surface area contributed by atoms with Crippen molar-refractivity contribution in [3.8, 4) is 0 Å². The van der Waals surface area contributed by atoms with Gasteiger partial charge >= 0.3 is 0 Å². The van der Waals surface area contributed by atoms with E-state index in [9.17, 15) is 0 Å². The predicted molar refractivity (Wildman–Crippen MR) is 53.4 cm³/mol. The molecule has 0 aromatic heterocycles. The molecule has 3 rings (SSSR count). The van der Waals surface area contributed by atoms with E-state index in [1.807, 2.05) is 0 Å². The van der Waals surface area contributed by atoms with Crippen LogP contribution in [-0.2, 0) is 6.54 Å². The van der Waals surface area contributed by atoms with Gasteiger partial charge in [-0.15, -0.1) is 0 Å². The molecular formula is C12H15N. The molecule has 0 bridgehead atoms. The Hall–Kier alpha value is -0.820. The summed E-state index contributed by atoms with van der Waals surface area (Å²) in [5.41, 5.74) is 1.47. The maximum atomic E-state index is 2.64. The molecule has 68 valence electrons. The van der Waals surface area contributed by atoms with Crippen LogP contribution in [0.1, 0.15) is 18.4 Å². The summed E-state index contributed by atoms with van der Waals surface area (Å²) in [5.74, 6) is 1.06. The number of rotatable bonds is 2. The van der Waals surface area contributed by atoms with Gasteiger partial charge in [-0.2, -0.15) is 0 Å². The van der Waals surface area contributed by atoms with Crippen molar-refractivity contribution in [3.63, 3.8) is 0 Å². The highest BCUT2D eigenvalue weighted by atomic mass is 15.2. The van der Waals surface area contributed by atoms with E-state index >= 15 is 0 Å². The Labute approximate surface area is 79.4 Å². The Kier molecular flexibility index (Phi) is 1.66. The fraction of sp³-hybridized carbons (Fsp3) is 0.500. The minimum absolute atomic E-state index is 0.945. The Morgan fingerprint density at radius 2 is 2.08 bits per heavy atom. The van der Waals surface area contributed by atoms with Crippen LogP contribution in [0.4, 0.5) is 0 Å². The van der Waals surface area contributed by atoms with Crippen molar-refractivity contribution in [2.24, 2.45) is 5.92 Å². The van der Waals surface area contributed by atoms with Crippen LogP contribution in [0.2, 0.25) is 0 Å². The molecule has 13 heavy (non-hydrogen) atoms. The van der Waals surface area contributed by atoms with Gasteiger partial charge in [-0.3, -0.25) is 4.90 Å². The molecule has 1 aromatic rings. The van der Waals surface area contributed by atoms with E-state index in [-0.39, 0.29) is 0 Å². The molecule has 2 aliphatic rings. The zero-order chi connectivity index (χ0) is 8.67. The molecule has 0 amide bonds. The molecule has 0 radical (unpaired) electrons. The number of piperidine rings is 1. The van der Waals surface area contributed by atoms with Gasteiger partial charge in [-0.1, -0.05) is 30.3 Å². The molecule has 1 aliphatic carbocycles. The van der Waals surface area contributed by atoms with Gasteiger partial charge in [0.25, 0.3) is 0 Å². The van der Waals surface area contributed by atoms with E-state index in [0.717, 1.165) is 12.0 Å². The summed E-state index contributed by atoms with van der Waals surface area (Å²) in [5, 5.41) is 0. The second-order valence-electron chi connectivity index (χ2n) is 4.31. The highest BCUT2D eigenvalue weighted by Crippen LogP contribution is 2.44. The maximum absolute atomic E-state index is 2.64. The van der Waals surface area contributed by atoms with E-state index < -0.39 is 0 Å². The summed E-state index contributed by atoms with van der Waals surface area (Å²) in [4.78, 5) is 2.64. The summed E-state index contributed by atoms with van der Waals surface area (Å²) in [6.45, 7) is 2.49. The number of nitrogens with zero attached hydrogens (tertiary/aromatic N) is 1. The lowest BCUT2D eigenvalue weighted by molar-refractivity contribution is 0.291. The molecular weight excluding hydrogens is 158 g/mol. The molecule has 1 unspecified atom stereocenters. The average Bonchev–Trinajstić information content (AvgIpc) is 2.86.